The predicted octanol–water partition coefficient (Wildman–Crippen LogP) is 1.16. The third kappa shape index (κ3) is 2.41. The Morgan fingerprint density at radius 1 is 1.27 bits per heavy atom. The molecule has 0 unspecified atom stereocenters. The Balaban J connectivity index is 1.28. The van der Waals surface area contributed by atoms with Crippen LogP contribution in [-0.2, 0) is 10.2 Å². The molecule has 0 radical (unpaired) electrons. The van der Waals surface area contributed by atoms with Crippen LogP contribution < -0.4 is 0 Å². The van der Waals surface area contributed by atoms with Gasteiger partial charge in [0.1, 0.15) is 6.54 Å². The summed E-state index contributed by atoms with van der Waals surface area (Å²) >= 11 is 0. The maximum atomic E-state index is 12.9. The fourth-order valence-corrected chi connectivity index (χ4v) is 5.06. The highest BCUT2D eigenvalue weighted by molar-refractivity contribution is 5.85. The molecule has 1 aromatic rings. The highest BCUT2D eigenvalue weighted by Crippen LogP contribution is 2.50. The summed E-state index contributed by atoms with van der Waals surface area (Å²) in [6.07, 6.45) is 5.42. The number of carbonyl (C=O) groups is 2. The van der Waals surface area contributed by atoms with Gasteiger partial charge in [-0.1, -0.05) is 6.42 Å². The largest absolute Gasteiger partial charge is 0.425 e. The van der Waals surface area contributed by atoms with E-state index in [2.05, 4.69) is 10.2 Å². The van der Waals surface area contributed by atoms with Gasteiger partial charge in [0.15, 0.2) is 0 Å². The van der Waals surface area contributed by atoms with Crippen molar-refractivity contribution in [3.8, 4) is 0 Å². The molecule has 8 nitrogen and oxygen atoms in total. The number of rotatable bonds is 4. The SMILES string of the molecule is Cc1nnc([C@]23CCC[C@H]2CN(C(=O)CN2CCN(C4CC4)C2=O)C3)o1. The van der Waals surface area contributed by atoms with Gasteiger partial charge < -0.3 is 19.1 Å². The van der Waals surface area contributed by atoms with Crippen molar-refractivity contribution < 1.29 is 14.0 Å². The average Bonchev–Trinajstić information content (AvgIpc) is 2.94. The smallest absolute Gasteiger partial charge is 0.320 e. The molecule has 26 heavy (non-hydrogen) atoms. The molecule has 2 saturated heterocycles. The van der Waals surface area contributed by atoms with E-state index >= 15 is 0 Å². The Morgan fingerprint density at radius 2 is 2.12 bits per heavy atom. The van der Waals surface area contributed by atoms with Gasteiger partial charge in [-0.25, -0.2) is 4.79 Å². The normalized spacial score (nSPS) is 31.2. The van der Waals surface area contributed by atoms with E-state index in [9.17, 15) is 9.59 Å². The van der Waals surface area contributed by atoms with Gasteiger partial charge in [-0.3, -0.25) is 4.79 Å². The number of likely N-dealkylation sites (tertiary alicyclic amines) is 1. The van der Waals surface area contributed by atoms with Gasteiger partial charge in [-0.2, -0.15) is 0 Å². The van der Waals surface area contributed by atoms with Crippen molar-refractivity contribution in [1.29, 1.82) is 0 Å². The molecular formula is C18H25N5O3. The molecular weight excluding hydrogens is 334 g/mol. The lowest BCUT2D eigenvalue weighted by molar-refractivity contribution is -0.131. The molecule has 4 aliphatic rings. The zero-order valence-electron chi connectivity index (χ0n) is 15.2. The number of amides is 3. The van der Waals surface area contributed by atoms with Crippen molar-refractivity contribution >= 4 is 11.9 Å². The molecule has 2 aliphatic heterocycles. The van der Waals surface area contributed by atoms with Gasteiger partial charge in [0, 0.05) is 39.1 Å². The lowest BCUT2D eigenvalue weighted by Crippen LogP contribution is -2.43. The van der Waals surface area contributed by atoms with Crippen LogP contribution in [0.15, 0.2) is 4.42 Å². The van der Waals surface area contributed by atoms with Crippen molar-refractivity contribution in [2.24, 2.45) is 5.92 Å². The zero-order valence-corrected chi connectivity index (χ0v) is 15.2. The maximum absolute atomic E-state index is 12.9. The standard InChI is InChI=1S/C18H25N5O3/c1-12-19-20-16(26-12)18-6-2-3-13(18)9-22(11-18)15(24)10-21-7-8-23(17(21)25)14-4-5-14/h13-14H,2-11H2,1H3/t13-,18-/m0/s1. The predicted molar refractivity (Wildman–Crippen MR) is 91.3 cm³/mol. The van der Waals surface area contributed by atoms with Crippen LogP contribution in [0.5, 0.6) is 0 Å². The Labute approximate surface area is 152 Å². The minimum Gasteiger partial charge on any atom is -0.425 e. The van der Waals surface area contributed by atoms with Crippen molar-refractivity contribution in [3.63, 3.8) is 0 Å². The Bertz CT molecular complexity index is 745. The highest BCUT2D eigenvalue weighted by atomic mass is 16.4. The number of aryl methyl sites for hydroxylation is 1. The van der Waals surface area contributed by atoms with Crippen LogP contribution in [0, 0.1) is 12.8 Å². The van der Waals surface area contributed by atoms with Gasteiger partial charge in [0.05, 0.1) is 5.41 Å². The first-order chi connectivity index (χ1) is 12.6. The van der Waals surface area contributed by atoms with E-state index in [-0.39, 0.29) is 23.9 Å². The summed E-state index contributed by atoms with van der Waals surface area (Å²) in [6.45, 7) is 4.77. The summed E-state index contributed by atoms with van der Waals surface area (Å²) in [5, 5.41) is 8.28. The number of fused-ring (bicyclic) bond motifs is 1. The van der Waals surface area contributed by atoms with E-state index in [0.717, 1.165) is 45.2 Å². The Hall–Kier alpha value is -2.12. The van der Waals surface area contributed by atoms with Crippen molar-refractivity contribution in [3.05, 3.63) is 11.8 Å². The van der Waals surface area contributed by atoms with Crippen LogP contribution >= 0.6 is 0 Å². The monoisotopic (exact) mass is 359 g/mol. The molecule has 2 saturated carbocycles. The Kier molecular flexibility index (Phi) is 3.52. The fourth-order valence-electron chi connectivity index (χ4n) is 5.06. The summed E-state index contributed by atoms with van der Waals surface area (Å²) in [6, 6.07) is 0.445. The molecule has 5 rings (SSSR count). The molecule has 3 heterocycles. The summed E-state index contributed by atoms with van der Waals surface area (Å²) in [5.41, 5.74) is -0.189. The summed E-state index contributed by atoms with van der Waals surface area (Å²) < 4.78 is 5.77. The van der Waals surface area contributed by atoms with Crippen LogP contribution in [0.3, 0.4) is 0 Å². The number of hydrogen-bond donors (Lipinski definition) is 0. The molecule has 0 bridgehead atoms. The van der Waals surface area contributed by atoms with Crippen LogP contribution in [0.25, 0.3) is 0 Å². The average molecular weight is 359 g/mol. The summed E-state index contributed by atoms with van der Waals surface area (Å²) in [4.78, 5) is 30.9. The second kappa shape index (κ2) is 5.69. The van der Waals surface area contributed by atoms with Gasteiger partial charge in [0.2, 0.25) is 17.7 Å². The van der Waals surface area contributed by atoms with Crippen LogP contribution in [0.1, 0.15) is 43.9 Å². The Morgan fingerprint density at radius 3 is 2.85 bits per heavy atom. The van der Waals surface area contributed by atoms with Crippen LogP contribution in [-0.4, -0.2) is 75.6 Å². The first-order valence-electron chi connectivity index (χ1n) is 9.71. The summed E-state index contributed by atoms with van der Waals surface area (Å²) in [7, 11) is 0. The zero-order chi connectivity index (χ0) is 17.9. The van der Waals surface area contributed by atoms with Gasteiger partial charge in [-0.05, 0) is 31.6 Å². The van der Waals surface area contributed by atoms with E-state index < -0.39 is 0 Å². The lowest BCUT2D eigenvalue weighted by atomic mass is 9.80. The van der Waals surface area contributed by atoms with Gasteiger partial charge >= 0.3 is 6.03 Å². The first kappa shape index (κ1) is 16.1. The lowest BCUT2D eigenvalue weighted by Gasteiger charge is -2.25. The molecule has 2 atom stereocenters. The number of hydrogen-bond acceptors (Lipinski definition) is 5. The molecule has 0 N–H and O–H groups in total. The number of carbonyl (C=O) groups excluding carboxylic acids is 2. The minimum atomic E-state index is -0.189. The first-order valence-corrected chi connectivity index (χ1v) is 9.71. The molecule has 3 amide bonds. The number of aromatic nitrogens is 2. The fraction of sp³-hybridized carbons (Fsp3) is 0.778. The van der Waals surface area contributed by atoms with Crippen molar-refractivity contribution in [2.75, 3.05) is 32.7 Å². The second-order valence-electron chi connectivity index (χ2n) is 8.27. The molecule has 1 aromatic heterocycles. The van der Waals surface area contributed by atoms with Gasteiger partial charge in [-0.15, -0.1) is 10.2 Å². The minimum absolute atomic E-state index is 0.0301. The van der Waals surface area contributed by atoms with Crippen molar-refractivity contribution in [2.45, 2.75) is 50.5 Å². The van der Waals surface area contributed by atoms with Crippen molar-refractivity contribution in [1.82, 2.24) is 24.9 Å². The summed E-state index contributed by atoms with van der Waals surface area (Å²) in [5.74, 6) is 1.68. The maximum Gasteiger partial charge on any atom is 0.320 e. The van der Waals surface area contributed by atoms with Crippen LogP contribution in [0.2, 0.25) is 0 Å². The number of urea groups is 1. The third-order valence-electron chi connectivity index (χ3n) is 6.62. The molecule has 2 aliphatic carbocycles. The molecule has 0 spiro atoms. The van der Waals surface area contributed by atoms with E-state index in [1.54, 1.807) is 11.8 Å². The van der Waals surface area contributed by atoms with Gasteiger partial charge in [0.25, 0.3) is 0 Å². The third-order valence-corrected chi connectivity index (χ3v) is 6.62. The highest BCUT2D eigenvalue weighted by Gasteiger charge is 2.55. The topological polar surface area (TPSA) is 82.8 Å². The second-order valence-corrected chi connectivity index (χ2v) is 8.27. The van der Waals surface area contributed by atoms with E-state index in [1.807, 2.05) is 9.80 Å². The quantitative estimate of drug-likeness (QED) is 0.806. The van der Waals surface area contributed by atoms with E-state index in [4.69, 9.17) is 4.42 Å². The van der Waals surface area contributed by atoms with E-state index in [1.165, 1.54) is 0 Å². The molecule has 4 fully saturated rings. The number of nitrogens with zero attached hydrogens (tertiary/aromatic N) is 5. The molecule has 0 aromatic carbocycles. The molecule has 8 heteroatoms. The van der Waals surface area contributed by atoms with Crippen LogP contribution in [0.4, 0.5) is 4.79 Å². The molecule has 140 valence electrons. The van der Waals surface area contributed by atoms with E-state index in [0.29, 0.717) is 36.8 Å².